The lowest BCUT2D eigenvalue weighted by atomic mass is 10.2. The van der Waals surface area contributed by atoms with E-state index < -0.39 is 10.0 Å². The van der Waals surface area contributed by atoms with Crippen molar-refractivity contribution in [3.05, 3.63) is 53.1 Å². The molecule has 0 saturated carbocycles. The Bertz CT molecular complexity index is 1370. The molecule has 0 atom stereocenters. The molecule has 5 rings (SSSR count). The Morgan fingerprint density at radius 1 is 1.06 bits per heavy atom. The molecule has 2 aromatic carbocycles. The Balaban J connectivity index is 1.45. The second-order valence-corrected chi connectivity index (χ2v) is 10.8. The molecular formula is C21H20ClN5O2S2. The van der Waals surface area contributed by atoms with Gasteiger partial charge in [0.25, 0.3) is 0 Å². The molecule has 0 spiro atoms. The highest BCUT2D eigenvalue weighted by Crippen LogP contribution is 2.29. The number of H-pyrrole nitrogens is 1. The summed E-state index contributed by atoms with van der Waals surface area (Å²) in [6, 6.07) is 12.7. The summed E-state index contributed by atoms with van der Waals surface area (Å²) in [5.41, 5.74) is 2.93. The first-order valence-electron chi connectivity index (χ1n) is 10.0. The molecule has 1 saturated heterocycles. The minimum absolute atomic E-state index is 0.279. The summed E-state index contributed by atoms with van der Waals surface area (Å²) in [4.78, 5) is 8.07. The number of hydrogen-bond donors (Lipinski definition) is 1. The molecule has 0 unspecified atom stereocenters. The van der Waals surface area contributed by atoms with Gasteiger partial charge in [0.05, 0.1) is 4.90 Å². The Labute approximate surface area is 189 Å². The fourth-order valence-corrected chi connectivity index (χ4v) is 6.39. The number of aromatic amines is 1. The zero-order chi connectivity index (χ0) is 21.4. The number of benzene rings is 2. The molecule has 1 aliphatic heterocycles. The quantitative estimate of drug-likeness (QED) is 0.425. The zero-order valence-corrected chi connectivity index (χ0v) is 19.0. The van der Waals surface area contributed by atoms with E-state index in [4.69, 9.17) is 11.6 Å². The second-order valence-electron chi connectivity index (χ2n) is 7.47. The molecule has 10 heteroatoms. The molecule has 0 amide bonds. The molecule has 3 heterocycles. The van der Waals surface area contributed by atoms with Gasteiger partial charge < -0.3 is 4.98 Å². The summed E-state index contributed by atoms with van der Waals surface area (Å²) in [7, 11) is -3.52. The number of thioether (sulfide) groups is 1. The SMILES string of the molecule is O=S(=O)(c1ccc2[nH]c3nc(SCc4ccccc4Cl)nnc3c2c1)N1CCCCC1. The van der Waals surface area contributed by atoms with Gasteiger partial charge in [-0.05, 0) is 42.7 Å². The molecule has 31 heavy (non-hydrogen) atoms. The largest absolute Gasteiger partial charge is 0.338 e. The third-order valence-electron chi connectivity index (χ3n) is 5.43. The van der Waals surface area contributed by atoms with Crippen molar-refractivity contribution >= 4 is 55.5 Å². The molecule has 1 aliphatic rings. The number of piperidine rings is 1. The van der Waals surface area contributed by atoms with E-state index in [9.17, 15) is 8.42 Å². The zero-order valence-electron chi connectivity index (χ0n) is 16.6. The van der Waals surface area contributed by atoms with Crippen molar-refractivity contribution in [3.8, 4) is 0 Å². The molecule has 0 aliphatic carbocycles. The molecule has 160 valence electrons. The Morgan fingerprint density at radius 3 is 2.68 bits per heavy atom. The van der Waals surface area contributed by atoms with Gasteiger partial charge in [-0.3, -0.25) is 0 Å². The van der Waals surface area contributed by atoms with Crippen LogP contribution in [0.15, 0.2) is 52.5 Å². The smallest absolute Gasteiger partial charge is 0.243 e. The lowest BCUT2D eigenvalue weighted by molar-refractivity contribution is 0.346. The van der Waals surface area contributed by atoms with Crippen LogP contribution >= 0.6 is 23.4 Å². The van der Waals surface area contributed by atoms with Crippen LogP contribution in [0.5, 0.6) is 0 Å². The number of halogens is 1. The summed E-state index contributed by atoms with van der Waals surface area (Å²) >= 11 is 7.67. The van der Waals surface area contributed by atoms with Crippen LogP contribution in [0.25, 0.3) is 22.1 Å². The molecule has 0 radical (unpaired) electrons. The number of sulfonamides is 1. The fourth-order valence-electron chi connectivity index (χ4n) is 3.77. The summed E-state index contributed by atoms with van der Waals surface area (Å²) in [6.07, 6.45) is 2.88. The summed E-state index contributed by atoms with van der Waals surface area (Å²) in [5, 5.41) is 10.5. The average molecular weight is 474 g/mol. The standard InChI is InChI=1S/C21H20ClN5O2S2/c22-17-7-3-2-6-14(17)13-30-21-24-20-19(25-26-21)16-12-15(8-9-18(16)23-20)31(28,29)27-10-4-1-5-11-27/h2-3,6-9,12H,1,4-5,10-11,13H2,(H,23,24,26). The lowest BCUT2D eigenvalue weighted by Gasteiger charge is -2.25. The first-order chi connectivity index (χ1) is 15.0. The van der Waals surface area contributed by atoms with Gasteiger partial charge in [-0.2, -0.15) is 4.31 Å². The topological polar surface area (TPSA) is 91.8 Å². The van der Waals surface area contributed by atoms with Crippen LogP contribution in [0.2, 0.25) is 5.02 Å². The van der Waals surface area contributed by atoms with Crippen LogP contribution in [-0.4, -0.2) is 46.0 Å². The predicted molar refractivity (Wildman–Crippen MR) is 123 cm³/mol. The van der Waals surface area contributed by atoms with Crippen LogP contribution in [0.1, 0.15) is 24.8 Å². The fraction of sp³-hybridized carbons (Fsp3) is 0.286. The van der Waals surface area contributed by atoms with Gasteiger partial charge in [-0.25, -0.2) is 13.4 Å². The minimum atomic E-state index is -3.52. The van der Waals surface area contributed by atoms with E-state index in [-0.39, 0.29) is 4.90 Å². The summed E-state index contributed by atoms with van der Waals surface area (Å²) in [6.45, 7) is 1.14. The molecule has 1 N–H and O–H groups in total. The van der Waals surface area contributed by atoms with E-state index in [0.29, 0.717) is 45.6 Å². The van der Waals surface area contributed by atoms with E-state index in [1.54, 1.807) is 22.5 Å². The first kappa shape index (κ1) is 20.7. The van der Waals surface area contributed by atoms with Crippen molar-refractivity contribution in [2.24, 2.45) is 0 Å². The van der Waals surface area contributed by atoms with Crippen LogP contribution in [0.4, 0.5) is 0 Å². The number of fused-ring (bicyclic) bond motifs is 3. The molecule has 0 bridgehead atoms. The van der Waals surface area contributed by atoms with Gasteiger partial charge in [0, 0.05) is 34.8 Å². The van der Waals surface area contributed by atoms with E-state index in [2.05, 4.69) is 20.2 Å². The lowest BCUT2D eigenvalue weighted by Crippen LogP contribution is -2.35. The molecule has 2 aromatic heterocycles. The summed E-state index contributed by atoms with van der Waals surface area (Å²) < 4.78 is 27.7. The minimum Gasteiger partial charge on any atom is -0.338 e. The number of rotatable bonds is 5. The number of hydrogen-bond acceptors (Lipinski definition) is 6. The van der Waals surface area contributed by atoms with Crippen molar-refractivity contribution in [3.63, 3.8) is 0 Å². The van der Waals surface area contributed by atoms with Crippen molar-refractivity contribution < 1.29 is 8.42 Å². The van der Waals surface area contributed by atoms with Crippen molar-refractivity contribution in [2.45, 2.75) is 35.1 Å². The first-order valence-corrected chi connectivity index (χ1v) is 12.9. The van der Waals surface area contributed by atoms with Crippen LogP contribution in [0, 0.1) is 0 Å². The van der Waals surface area contributed by atoms with Crippen LogP contribution < -0.4 is 0 Å². The molecular weight excluding hydrogens is 454 g/mol. The van der Waals surface area contributed by atoms with Crippen LogP contribution in [0.3, 0.4) is 0 Å². The maximum absolute atomic E-state index is 13.0. The molecule has 4 aromatic rings. The van der Waals surface area contributed by atoms with E-state index in [0.717, 1.165) is 30.3 Å². The van der Waals surface area contributed by atoms with E-state index >= 15 is 0 Å². The average Bonchev–Trinajstić information content (AvgIpc) is 3.16. The maximum atomic E-state index is 13.0. The van der Waals surface area contributed by atoms with Crippen molar-refractivity contribution in [1.29, 1.82) is 0 Å². The van der Waals surface area contributed by atoms with Gasteiger partial charge in [-0.1, -0.05) is 48.0 Å². The Morgan fingerprint density at radius 2 is 1.87 bits per heavy atom. The van der Waals surface area contributed by atoms with Crippen LogP contribution in [-0.2, 0) is 15.8 Å². The third-order valence-corrected chi connectivity index (χ3v) is 8.58. The molecule has 7 nitrogen and oxygen atoms in total. The van der Waals surface area contributed by atoms with Gasteiger partial charge in [0.1, 0.15) is 5.52 Å². The van der Waals surface area contributed by atoms with E-state index in [1.807, 2.05) is 24.3 Å². The highest BCUT2D eigenvalue weighted by molar-refractivity contribution is 7.98. The Hall–Kier alpha value is -2.20. The van der Waals surface area contributed by atoms with Crippen molar-refractivity contribution in [2.75, 3.05) is 13.1 Å². The van der Waals surface area contributed by atoms with E-state index in [1.165, 1.54) is 11.8 Å². The highest BCUT2D eigenvalue weighted by Gasteiger charge is 2.26. The number of nitrogens with zero attached hydrogens (tertiary/aromatic N) is 4. The van der Waals surface area contributed by atoms with Crippen molar-refractivity contribution in [1.82, 2.24) is 24.5 Å². The van der Waals surface area contributed by atoms with Gasteiger partial charge in [0.15, 0.2) is 5.65 Å². The maximum Gasteiger partial charge on any atom is 0.243 e. The van der Waals surface area contributed by atoms with Gasteiger partial charge >= 0.3 is 0 Å². The van der Waals surface area contributed by atoms with Gasteiger partial charge in [0.2, 0.25) is 15.2 Å². The van der Waals surface area contributed by atoms with Gasteiger partial charge in [-0.15, -0.1) is 10.2 Å². The Kier molecular flexibility index (Phi) is 5.60. The number of nitrogens with one attached hydrogen (secondary N) is 1. The molecule has 1 fully saturated rings. The summed E-state index contributed by atoms with van der Waals surface area (Å²) in [5.74, 6) is 0.630. The predicted octanol–water partition coefficient (Wildman–Crippen LogP) is 4.63. The monoisotopic (exact) mass is 473 g/mol. The number of aromatic nitrogens is 4. The highest BCUT2D eigenvalue weighted by atomic mass is 35.5. The normalized spacial score (nSPS) is 15.6. The second kappa shape index (κ2) is 8.38. The third kappa shape index (κ3) is 4.03.